The Morgan fingerprint density at radius 3 is 2.26 bits per heavy atom. The van der Waals surface area contributed by atoms with Gasteiger partial charge in [0, 0.05) is 47.5 Å². The van der Waals surface area contributed by atoms with Crippen molar-refractivity contribution in [3.63, 3.8) is 0 Å². The van der Waals surface area contributed by atoms with Crippen molar-refractivity contribution in [1.82, 2.24) is 0 Å². The van der Waals surface area contributed by atoms with Crippen LogP contribution in [0.5, 0.6) is 0 Å². The van der Waals surface area contributed by atoms with E-state index >= 15 is 0 Å². The number of furan rings is 1. The molecule has 0 aromatic carbocycles. The van der Waals surface area contributed by atoms with Gasteiger partial charge in [-0.05, 0) is 37.2 Å². The Morgan fingerprint density at radius 1 is 0.974 bits per heavy atom. The zero-order chi connectivity index (χ0) is 28.3. The van der Waals surface area contributed by atoms with Gasteiger partial charge in [-0.15, -0.1) is 0 Å². The lowest BCUT2D eigenvalue weighted by Gasteiger charge is -2.71. The molecule has 0 amide bonds. The molecule has 0 bridgehead atoms. The molecule has 1 aromatic heterocycles. The molecule has 1 aromatic rings. The van der Waals surface area contributed by atoms with E-state index in [1.807, 2.05) is 6.07 Å². The summed E-state index contributed by atoms with van der Waals surface area (Å²) in [6.45, 7) is 13.3. The van der Waals surface area contributed by atoms with Crippen molar-refractivity contribution in [3.8, 4) is 0 Å². The van der Waals surface area contributed by atoms with Crippen LogP contribution in [0.25, 0.3) is 0 Å². The number of cyclic esters (lactones) is 1. The van der Waals surface area contributed by atoms with Gasteiger partial charge >= 0.3 is 17.9 Å². The molecule has 1 N–H and O–H groups in total. The second kappa shape index (κ2) is 8.09. The Balaban J connectivity index is 1.49. The van der Waals surface area contributed by atoms with Crippen molar-refractivity contribution in [3.05, 3.63) is 24.2 Å². The standard InChI is InChI=1S/C30H40O9/c1-15(31)36-21-13-22(37-16(2)32)28(6)18-8-10-27(5)23(17-9-11-35-14-17)38-25(34)24-30(27,39-24)29(18,7)20(33)12-19(28)26(21,3)4/h9,11,14,18-24,33H,8,10,12-13H2,1-7H3/t18-,19+,20-,21-,22+,23+,24-,27+,28-,29+,30-/m1/s1. The number of epoxide rings is 1. The second-order valence-corrected chi connectivity index (χ2v) is 13.8. The van der Waals surface area contributed by atoms with Gasteiger partial charge in [0.1, 0.15) is 23.9 Å². The molecular formula is C30H40O9. The van der Waals surface area contributed by atoms with Crippen LogP contribution in [0.2, 0.25) is 0 Å². The third kappa shape index (κ3) is 3.12. The summed E-state index contributed by atoms with van der Waals surface area (Å²) < 4.78 is 29.7. The van der Waals surface area contributed by atoms with E-state index < -0.39 is 69.7 Å². The van der Waals surface area contributed by atoms with Crippen LogP contribution in [-0.4, -0.2) is 53.0 Å². The molecule has 9 heteroatoms. The predicted octanol–water partition coefficient (Wildman–Crippen LogP) is 4.12. The molecule has 6 rings (SSSR count). The molecule has 0 unspecified atom stereocenters. The van der Waals surface area contributed by atoms with Gasteiger partial charge in [0.25, 0.3) is 0 Å². The highest BCUT2D eigenvalue weighted by molar-refractivity contribution is 5.82. The normalized spacial score (nSPS) is 49.3. The molecule has 3 heterocycles. The van der Waals surface area contributed by atoms with Crippen LogP contribution in [0.4, 0.5) is 0 Å². The highest BCUT2D eigenvalue weighted by Crippen LogP contribution is 2.80. The number of carbonyl (C=O) groups is 3. The topological polar surface area (TPSA) is 125 Å². The summed E-state index contributed by atoms with van der Waals surface area (Å²) in [4.78, 5) is 37.8. The minimum atomic E-state index is -0.953. The number of aliphatic hydroxyl groups excluding tert-OH is 1. The number of hydrogen-bond donors (Lipinski definition) is 1. The fourth-order valence-corrected chi connectivity index (χ4v) is 10.2. The van der Waals surface area contributed by atoms with E-state index in [0.29, 0.717) is 25.7 Å². The summed E-state index contributed by atoms with van der Waals surface area (Å²) in [6, 6.07) is 1.82. The van der Waals surface area contributed by atoms with Crippen LogP contribution in [0.1, 0.15) is 85.8 Å². The maximum atomic E-state index is 13.3. The molecule has 5 fully saturated rings. The first-order valence-electron chi connectivity index (χ1n) is 14.1. The summed E-state index contributed by atoms with van der Waals surface area (Å²) in [5, 5.41) is 12.2. The van der Waals surface area contributed by atoms with E-state index in [-0.39, 0.29) is 17.8 Å². The minimum Gasteiger partial charge on any atom is -0.472 e. The van der Waals surface area contributed by atoms with E-state index in [9.17, 15) is 19.5 Å². The van der Waals surface area contributed by atoms with E-state index in [1.165, 1.54) is 13.8 Å². The van der Waals surface area contributed by atoms with Crippen LogP contribution in [0.15, 0.2) is 23.0 Å². The Morgan fingerprint density at radius 2 is 1.64 bits per heavy atom. The lowest BCUT2D eigenvalue weighted by Crippen LogP contribution is -2.75. The van der Waals surface area contributed by atoms with Crippen LogP contribution in [0, 0.1) is 33.5 Å². The van der Waals surface area contributed by atoms with Crippen molar-refractivity contribution in [2.75, 3.05) is 0 Å². The number of hydrogen-bond acceptors (Lipinski definition) is 9. The summed E-state index contributed by atoms with van der Waals surface area (Å²) in [7, 11) is 0. The monoisotopic (exact) mass is 544 g/mol. The largest absolute Gasteiger partial charge is 0.472 e. The van der Waals surface area contributed by atoms with Gasteiger partial charge in [0.2, 0.25) is 0 Å². The molecule has 2 saturated heterocycles. The molecule has 9 nitrogen and oxygen atoms in total. The predicted molar refractivity (Wildman–Crippen MR) is 136 cm³/mol. The summed E-state index contributed by atoms with van der Waals surface area (Å²) in [5.74, 6) is -1.47. The molecule has 11 atom stereocenters. The number of esters is 3. The number of fused-ring (bicyclic) bond motifs is 3. The Hall–Kier alpha value is -2.39. The lowest BCUT2D eigenvalue weighted by atomic mass is 9.34. The van der Waals surface area contributed by atoms with Crippen molar-refractivity contribution >= 4 is 17.9 Å². The molecule has 214 valence electrons. The van der Waals surface area contributed by atoms with Crippen molar-refractivity contribution in [1.29, 1.82) is 0 Å². The fourth-order valence-electron chi connectivity index (χ4n) is 10.2. The van der Waals surface area contributed by atoms with Crippen LogP contribution in [-0.2, 0) is 33.3 Å². The van der Waals surface area contributed by atoms with Gasteiger partial charge in [-0.2, -0.15) is 0 Å². The average molecular weight is 545 g/mol. The van der Waals surface area contributed by atoms with Gasteiger partial charge in [-0.25, -0.2) is 4.79 Å². The SMILES string of the molecule is CC(=O)O[C@H]1C[C@@H](OC(C)=O)C(C)(C)[C@@H]2C[C@@H](O)[C@]3(C)[C@H](CC[C@@]4(C)[C@H](c5ccoc5)OC(=O)[C@H]5O[C@@]534)[C@@]12C. The van der Waals surface area contributed by atoms with Gasteiger partial charge in [-0.1, -0.05) is 34.6 Å². The maximum absolute atomic E-state index is 13.3. The Bertz CT molecular complexity index is 1210. The Kier molecular flexibility index (Phi) is 5.56. The fraction of sp³-hybridized carbons (Fsp3) is 0.767. The first-order chi connectivity index (χ1) is 18.2. The lowest BCUT2D eigenvalue weighted by molar-refractivity contribution is -0.296. The number of rotatable bonds is 3. The minimum absolute atomic E-state index is 0.126. The third-order valence-corrected chi connectivity index (χ3v) is 11.9. The third-order valence-electron chi connectivity index (χ3n) is 11.9. The number of ether oxygens (including phenoxy) is 4. The molecule has 3 saturated carbocycles. The highest BCUT2D eigenvalue weighted by Gasteiger charge is 2.88. The van der Waals surface area contributed by atoms with Crippen molar-refractivity contribution in [2.24, 2.45) is 33.5 Å². The molecule has 5 aliphatic rings. The first kappa shape index (κ1) is 26.8. The summed E-state index contributed by atoms with van der Waals surface area (Å²) in [5.41, 5.74) is -2.68. The van der Waals surface area contributed by atoms with Crippen molar-refractivity contribution in [2.45, 2.75) is 110 Å². The van der Waals surface area contributed by atoms with E-state index in [1.54, 1.807) is 12.5 Å². The van der Waals surface area contributed by atoms with Gasteiger partial charge < -0.3 is 28.5 Å². The first-order valence-corrected chi connectivity index (χ1v) is 14.1. The quantitative estimate of drug-likeness (QED) is 0.340. The zero-order valence-electron chi connectivity index (χ0n) is 23.8. The number of carbonyl (C=O) groups excluding carboxylic acids is 3. The second-order valence-electron chi connectivity index (χ2n) is 13.8. The van der Waals surface area contributed by atoms with Gasteiger partial charge in [0.05, 0.1) is 18.6 Å². The van der Waals surface area contributed by atoms with E-state index in [2.05, 4.69) is 34.6 Å². The molecule has 1 spiro atoms. The number of aliphatic hydroxyl groups is 1. The van der Waals surface area contributed by atoms with E-state index in [0.717, 1.165) is 5.56 Å². The smallest absolute Gasteiger partial charge is 0.339 e. The summed E-state index contributed by atoms with van der Waals surface area (Å²) in [6.07, 6.45) is 2.18. The van der Waals surface area contributed by atoms with Gasteiger partial charge in [0.15, 0.2) is 6.10 Å². The van der Waals surface area contributed by atoms with Crippen LogP contribution >= 0.6 is 0 Å². The maximum Gasteiger partial charge on any atom is 0.339 e. The molecule has 0 radical (unpaired) electrons. The molecular weight excluding hydrogens is 504 g/mol. The zero-order valence-corrected chi connectivity index (χ0v) is 23.8. The molecule has 3 aliphatic carbocycles. The Labute approximate surface area is 228 Å². The van der Waals surface area contributed by atoms with Crippen LogP contribution in [0.3, 0.4) is 0 Å². The van der Waals surface area contributed by atoms with Crippen LogP contribution < -0.4 is 0 Å². The molecule has 2 aliphatic heterocycles. The highest BCUT2D eigenvalue weighted by atomic mass is 16.7. The molecule has 39 heavy (non-hydrogen) atoms. The average Bonchev–Trinajstić information content (AvgIpc) is 3.41. The van der Waals surface area contributed by atoms with E-state index in [4.69, 9.17) is 23.4 Å². The van der Waals surface area contributed by atoms with Gasteiger partial charge in [-0.3, -0.25) is 9.59 Å². The summed E-state index contributed by atoms with van der Waals surface area (Å²) >= 11 is 0. The van der Waals surface area contributed by atoms with Crippen molar-refractivity contribution < 1.29 is 42.9 Å².